The van der Waals surface area contributed by atoms with Gasteiger partial charge >= 0.3 is 0 Å². The van der Waals surface area contributed by atoms with Crippen LogP contribution in [0.4, 0.5) is 0 Å². The molecule has 0 N–H and O–H groups in total. The molecule has 0 bridgehead atoms. The number of benzene rings is 1. The maximum atomic E-state index is 3.37. The molecule has 47 valence electrons. The van der Waals surface area contributed by atoms with Crippen LogP contribution in [0.5, 0.6) is 0 Å². The second-order valence-electron chi connectivity index (χ2n) is 1.83. The largest absolute Gasteiger partial charge is 0.0924 e. The summed E-state index contributed by atoms with van der Waals surface area (Å²) in [6.45, 7) is 0. The molecule has 1 rings (SSSR count). The number of aryl methyl sites for hydroxylation is 1. The molecule has 0 atom stereocenters. The Morgan fingerprint density at radius 3 is 2.89 bits per heavy atom. The molecule has 9 heavy (non-hydrogen) atoms. The van der Waals surface area contributed by atoms with Crippen LogP contribution in [0.25, 0.3) is 0 Å². The molecule has 1 aromatic rings. The molecule has 0 fully saturated rings. The monoisotopic (exact) mass is 183 g/mol. The van der Waals surface area contributed by atoms with Gasteiger partial charge in [0.05, 0.1) is 0 Å². The minimum absolute atomic E-state index is 1.02. The minimum Gasteiger partial charge on any atom is -0.0924 e. The lowest BCUT2D eigenvalue weighted by atomic mass is 10.2. The Kier molecular flexibility index (Phi) is 2.78. The molecular weight excluding hydrogens is 176 g/mol. The predicted molar refractivity (Wildman–Crippen MR) is 42.8 cm³/mol. The van der Waals surface area contributed by atoms with E-state index in [9.17, 15) is 0 Å². The van der Waals surface area contributed by atoms with Gasteiger partial charge in [0.25, 0.3) is 0 Å². The Bertz CT molecular complexity index is 157. The highest BCUT2D eigenvalue weighted by molar-refractivity contribution is 9.09. The molecule has 0 nitrogen and oxygen atoms in total. The molecule has 1 aromatic carbocycles. The summed E-state index contributed by atoms with van der Waals surface area (Å²) < 4.78 is 0. The third-order valence-electron chi connectivity index (χ3n) is 1.14. The molecular formula is C8H8Br. The lowest BCUT2D eigenvalue weighted by molar-refractivity contribution is 1.16. The van der Waals surface area contributed by atoms with Crippen molar-refractivity contribution in [2.75, 3.05) is 5.33 Å². The van der Waals surface area contributed by atoms with Crippen LogP contribution in [0, 0.1) is 6.07 Å². The molecule has 0 aromatic heterocycles. The van der Waals surface area contributed by atoms with Gasteiger partial charge in [-0.15, -0.1) is 0 Å². The van der Waals surface area contributed by atoms with E-state index in [1.165, 1.54) is 5.56 Å². The van der Waals surface area contributed by atoms with Crippen molar-refractivity contribution in [3.8, 4) is 0 Å². The number of hydrogen-bond acceptors (Lipinski definition) is 0. The van der Waals surface area contributed by atoms with E-state index in [0.717, 1.165) is 11.8 Å². The molecule has 0 saturated carbocycles. The lowest BCUT2D eigenvalue weighted by Gasteiger charge is -1.92. The van der Waals surface area contributed by atoms with Crippen molar-refractivity contribution >= 4 is 15.9 Å². The fourth-order valence-electron chi connectivity index (χ4n) is 0.688. The van der Waals surface area contributed by atoms with E-state index in [1.54, 1.807) is 0 Å². The molecule has 1 radical (unpaired) electrons. The number of halogens is 1. The summed E-state index contributed by atoms with van der Waals surface area (Å²) in [4.78, 5) is 0. The van der Waals surface area contributed by atoms with Crippen LogP contribution >= 0.6 is 15.9 Å². The van der Waals surface area contributed by atoms with Crippen molar-refractivity contribution in [1.82, 2.24) is 0 Å². The fraction of sp³-hybridized carbons (Fsp3) is 0.250. The van der Waals surface area contributed by atoms with E-state index < -0.39 is 0 Å². The van der Waals surface area contributed by atoms with Crippen LogP contribution in [0.3, 0.4) is 0 Å². The molecule has 0 aliphatic rings. The first-order chi connectivity index (χ1) is 4.43. The summed E-state index contributed by atoms with van der Waals surface area (Å²) in [5.74, 6) is 0. The van der Waals surface area contributed by atoms with E-state index in [1.807, 2.05) is 18.2 Å². The van der Waals surface area contributed by atoms with Crippen LogP contribution in [0.15, 0.2) is 24.3 Å². The van der Waals surface area contributed by atoms with Crippen molar-refractivity contribution in [1.29, 1.82) is 0 Å². The van der Waals surface area contributed by atoms with Crippen LogP contribution in [0.2, 0.25) is 0 Å². The van der Waals surface area contributed by atoms with Gasteiger partial charge in [-0.3, -0.25) is 0 Å². The van der Waals surface area contributed by atoms with Crippen LogP contribution in [-0.4, -0.2) is 5.33 Å². The Hall–Kier alpha value is -0.300. The van der Waals surface area contributed by atoms with Gasteiger partial charge in [-0.1, -0.05) is 40.2 Å². The average molecular weight is 184 g/mol. The number of rotatable bonds is 2. The summed E-state index contributed by atoms with van der Waals surface area (Å²) in [6, 6.07) is 11.2. The first-order valence-corrected chi connectivity index (χ1v) is 4.07. The zero-order valence-electron chi connectivity index (χ0n) is 5.10. The Labute approximate surface area is 64.0 Å². The third kappa shape index (κ3) is 2.19. The molecule has 0 spiro atoms. The summed E-state index contributed by atoms with van der Waals surface area (Å²) in [5.41, 5.74) is 1.27. The normalized spacial score (nSPS) is 9.44. The molecule has 0 heterocycles. The van der Waals surface area contributed by atoms with Crippen molar-refractivity contribution in [3.63, 3.8) is 0 Å². The third-order valence-corrected chi connectivity index (χ3v) is 1.53. The fourth-order valence-corrected chi connectivity index (χ4v) is 1.11. The minimum atomic E-state index is 1.02. The molecule has 0 unspecified atom stereocenters. The smallest absolute Gasteiger partial charge is 0.00720 e. The molecule has 0 aliphatic carbocycles. The van der Waals surface area contributed by atoms with Crippen molar-refractivity contribution in [2.24, 2.45) is 0 Å². The Balaban J connectivity index is 2.61. The summed E-state index contributed by atoms with van der Waals surface area (Å²) in [6.07, 6.45) is 1.07. The second kappa shape index (κ2) is 3.67. The summed E-state index contributed by atoms with van der Waals surface area (Å²) >= 11 is 3.37. The van der Waals surface area contributed by atoms with Crippen LogP contribution in [0.1, 0.15) is 5.56 Å². The van der Waals surface area contributed by atoms with E-state index in [4.69, 9.17) is 0 Å². The molecule has 1 heteroatoms. The van der Waals surface area contributed by atoms with Crippen LogP contribution in [-0.2, 0) is 6.42 Å². The first-order valence-electron chi connectivity index (χ1n) is 2.95. The van der Waals surface area contributed by atoms with Crippen molar-refractivity contribution in [3.05, 3.63) is 35.9 Å². The SMILES string of the molecule is BrCCc1[c]cccc1. The quantitative estimate of drug-likeness (QED) is 0.619. The molecule has 0 aliphatic heterocycles. The van der Waals surface area contributed by atoms with E-state index in [0.29, 0.717) is 0 Å². The number of hydrogen-bond donors (Lipinski definition) is 0. The maximum absolute atomic E-state index is 3.37. The molecule has 0 amide bonds. The topological polar surface area (TPSA) is 0 Å². The van der Waals surface area contributed by atoms with E-state index >= 15 is 0 Å². The second-order valence-corrected chi connectivity index (χ2v) is 2.62. The summed E-state index contributed by atoms with van der Waals surface area (Å²) in [5, 5.41) is 1.02. The summed E-state index contributed by atoms with van der Waals surface area (Å²) in [7, 11) is 0. The van der Waals surface area contributed by atoms with Gasteiger partial charge in [0.2, 0.25) is 0 Å². The van der Waals surface area contributed by atoms with Gasteiger partial charge in [-0.05, 0) is 18.1 Å². The van der Waals surface area contributed by atoms with E-state index in [2.05, 4.69) is 28.1 Å². The highest BCUT2D eigenvalue weighted by Gasteiger charge is 1.86. The molecule has 0 saturated heterocycles. The van der Waals surface area contributed by atoms with Crippen LogP contribution < -0.4 is 0 Å². The highest BCUT2D eigenvalue weighted by Crippen LogP contribution is 1.99. The van der Waals surface area contributed by atoms with Gasteiger partial charge in [-0.25, -0.2) is 0 Å². The van der Waals surface area contributed by atoms with Crippen molar-refractivity contribution in [2.45, 2.75) is 6.42 Å². The Morgan fingerprint density at radius 2 is 2.33 bits per heavy atom. The van der Waals surface area contributed by atoms with E-state index in [-0.39, 0.29) is 0 Å². The highest BCUT2D eigenvalue weighted by atomic mass is 79.9. The first kappa shape index (κ1) is 6.81. The average Bonchev–Trinajstić information content (AvgIpc) is 1.91. The van der Waals surface area contributed by atoms with Gasteiger partial charge in [0.15, 0.2) is 0 Å². The van der Waals surface area contributed by atoms with Gasteiger partial charge in [0.1, 0.15) is 0 Å². The lowest BCUT2D eigenvalue weighted by Crippen LogP contribution is -1.82. The van der Waals surface area contributed by atoms with Gasteiger partial charge in [0, 0.05) is 5.33 Å². The predicted octanol–water partition coefficient (Wildman–Crippen LogP) is 2.42. The Morgan fingerprint density at radius 1 is 1.44 bits per heavy atom. The maximum Gasteiger partial charge on any atom is 0.00720 e. The standard InChI is InChI=1S/C8H8Br/c9-7-6-8-4-2-1-3-5-8/h1-4H,6-7H2. The number of alkyl halides is 1. The van der Waals surface area contributed by atoms with Gasteiger partial charge in [-0.2, -0.15) is 0 Å². The zero-order chi connectivity index (χ0) is 6.53. The zero-order valence-corrected chi connectivity index (χ0v) is 6.69. The van der Waals surface area contributed by atoms with Gasteiger partial charge < -0.3 is 0 Å². The van der Waals surface area contributed by atoms with Crippen molar-refractivity contribution < 1.29 is 0 Å².